The summed E-state index contributed by atoms with van der Waals surface area (Å²) in [4.78, 5) is 0. The molecule has 0 amide bonds. The maximum absolute atomic E-state index is 12.0. The van der Waals surface area contributed by atoms with Gasteiger partial charge in [0, 0.05) is 6.54 Å². The summed E-state index contributed by atoms with van der Waals surface area (Å²) < 4.78 is 32.3. The largest absolute Gasteiger partial charge is 0.329 e. The van der Waals surface area contributed by atoms with E-state index in [-0.39, 0.29) is 19.4 Å². The van der Waals surface area contributed by atoms with Crippen LogP contribution in [0.25, 0.3) is 0 Å². The van der Waals surface area contributed by atoms with Crippen LogP contribution in [-0.4, -0.2) is 24.3 Å². The van der Waals surface area contributed by atoms with Crippen LogP contribution in [0.5, 0.6) is 0 Å². The Morgan fingerprint density at radius 3 is 1.52 bits per heavy atom. The molecule has 0 unspecified atom stereocenters. The molecule has 5 heteroatoms. The van der Waals surface area contributed by atoms with Crippen molar-refractivity contribution in [1.29, 1.82) is 0 Å². The lowest BCUT2D eigenvalue weighted by atomic mass is 9.91. The van der Waals surface area contributed by atoms with Gasteiger partial charge in [-0.3, -0.25) is 4.55 Å². The zero-order valence-electron chi connectivity index (χ0n) is 11.6. The van der Waals surface area contributed by atoms with Crippen molar-refractivity contribution in [1.82, 2.24) is 0 Å². The SMILES string of the molecule is NCC(Cc1ccccc1)(Cc1ccccc1)S(=O)(=O)O. The minimum absolute atomic E-state index is 0.143. The van der Waals surface area contributed by atoms with E-state index in [9.17, 15) is 13.0 Å². The van der Waals surface area contributed by atoms with E-state index >= 15 is 0 Å². The molecular formula is C16H19NO3S. The molecule has 4 nitrogen and oxygen atoms in total. The highest BCUT2D eigenvalue weighted by Gasteiger charge is 2.42. The predicted octanol–water partition coefficient (Wildman–Crippen LogP) is 2.06. The Bertz CT molecular complexity index is 628. The molecule has 21 heavy (non-hydrogen) atoms. The maximum atomic E-state index is 12.0. The Kier molecular flexibility index (Phi) is 4.77. The summed E-state index contributed by atoms with van der Waals surface area (Å²) in [5.41, 5.74) is 7.41. The molecule has 0 radical (unpaired) electrons. The molecule has 2 aromatic carbocycles. The highest BCUT2D eigenvalue weighted by atomic mass is 32.2. The molecule has 0 aliphatic rings. The van der Waals surface area contributed by atoms with Gasteiger partial charge in [0.05, 0.1) is 0 Å². The molecule has 0 aliphatic carbocycles. The Morgan fingerprint density at radius 2 is 1.24 bits per heavy atom. The van der Waals surface area contributed by atoms with Crippen molar-refractivity contribution in [3.05, 3.63) is 71.8 Å². The van der Waals surface area contributed by atoms with Gasteiger partial charge in [0.15, 0.2) is 0 Å². The number of benzene rings is 2. The van der Waals surface area contributed by atoms with Gasteiger partial charge < -0.3 is 5.73 Å². The molecule has 0 heterocycles. The normalized spacial score (nSPS) is 12.3. The number of nitrogens with two attached hydrogens (primary N) is 1. The third kappa shape index (κ3) is 3.69. The molecule has 0 atom stereocenters. The molecule has 0 aliphatic heterocycles. The molecule has 112 valence electrons. The van der Waals surface area contributed by atoms with Crippen molar-refractivity contribution in [3.63, 3.8) is 0 Å². The van der Waals surface area contributed by atoms with Crippen molar-refractivity contribution in [2.75, 3.05) is 6.54 Å². The molecule has 0 saturated heterocycles. The summed E-state index contributed by atoms with van der Waals surface area (Å²) in [6.45, 7) is -0.143. The van der Waals surface area contributed by atoms with E-state index in [0.717, 1.165) is 11.1 Å². The Labute approximate surface area is 125 Å². The van der Waals surface area contributed by atoms with E-state index in [2.05, 4.69) is 0 Å². The molecule has 0 saturated carbocycles. The first kappa shape index (κ1) is 15.7. The van der Waals surface area contributed by atoms with E-state index < -0.39 is 14.9 Å². The van der Waals surface area contributed by atoms with E-state index in [1.807, 2.05) is 60.7 Å². The van der Waals surface area contributed by atoms with E-state index in [1.165, 1.54) is 0 Å². The third-order valence-corrected chi connectivity index (χ3v) is 5.21. The highest BCUT2D eigenvalue weighted by molar-refractivity contribution is 7.87. The van der Waals surface area contributed by atoms with Gasteiger partial charge in [-0.25, -0.2) is 0 Å². The van der Waals surface area contributed by atoms with Crippen LogP contribution in [0.2, 0.25) is 0 Å². The van der Waals surface area contributed by atoms with Gasteiger partial charge >= 0.3 is 0 Å². The summed E-state index contributed by atoms with van der Waals surface area (Å²) >= 11 is 0. The highest BCUT2D eigenvalue weighted by Crippen LogP contribution is 2.26. The van der Waals surface area contributed by atoms with E-state index in [4.69, 9.17) is 5.73 Å². The summed E-state index contributed by atoms with van der Waals surface area (Å²) in [6, 6.07) is 18.4. The Morgan fingerprint density at radius 1 is 0.857 bits per heavy atom. The summed E-state index contributed by atoms with van der Waals surface area (Å²) in [5.74, 6) is 0. The molecule has 0 bridgehead atoms. The fraction of sp³-hybridized carbons (Fsp3) is 0.250. The van der Waals surface area contributed by atoms with Crippen LogP contribution in [-0.2, 0) is 23.0 Å². The monoisotopic (exact) mass is 305 g/mol. The molecule has 0 fully saturated rings. The molecule has 0 spiro atoms. The fourth-order valence-corrected chi connectivity index (χ4v) is 3.34. The quantitative estimate of drug-likeness (QED) is 0.801. The topological polar surface area (TPSA) is 80.4 Å². The smallest absolute Gasteiger partial charge is 0.272 e. The van der Waals surface area contributed by atoms with E-state index in [1.54, 1.807) is 0 Å². The number of hydrogen-bond donors (Lipinski definition) is 2. The van der Waals surface area contributed by atoms with Crippen LogP contribution in [0.3, 0.4) is 0 Å². The minimum Gasteiger partial charge on any atom is -0.329 e. The Hall–Kier alpha value is -1.69. The van der Waals surface area contributed by atoms with Gasteiger partial charge in [-0.2, -0.15) is 8.42 Å². The zero-order valence-corrected chi connectivity index (χ0v) is 12.5. The van der Waals surface area contributed by atoms with Gasteiger partial charge in [0.1, 0.15) is 4.75 Å². The van der Waals surface area contributed by atoms with Crippen molar-refractivity contribution < 1.29 is 13.0 Å². The van der Waals surface area contributed by atoms with Gasteiger partial charge in [-0.1, -0.05) is 60.7 Å². The van der Waals surface area contributed by atoms with Crippen molar-refractivity contribution in [3.8, 4) is 0 Å². The second-order valence-corrected chi connectivity index (χ2v) is 7.00. The minimum atomic E-state index is -4.30. The zero-order chi connectivity index (χ0) is 15.3. The first-order chi connectivity index (χ1) is 9.97. The molecule has 2 rings (SSSR count). The summed E-state index contributed by atoms with van der Waals surface area (Å²) in [6.07, 6.45) is 0.357. The van der Waals surface area contributed by atoms with Crippen LogP contribution in [0.1, 0.15) is 11.1 Å². The Balaban J connectivity index is 2.39. The number of hydrogen-bond acceptors (Lipinski definition) is 3. The first-order valence-electron chi connectivity index (χ1n) is 6.72. The van der Waals surface area contributed by atoms with Crippen LogP contribution in [0.4, 0.5) is 0 Å². The lowest BCUT2D eigenvalue weighted by Crippen LogP contribution is -2.49. The standard InChI is InChI=1S/C16H19NO3S/c17-13-16(21(18,19)20,11-14-7-3-1-4-8-14)12-15-9-5-2-6-10-15/h1-10H,11-13,17H2,(H,18,19,20). The summed E-state index contributed by atoms with van der Waals surface area (Å²) in [5, 5.41) is 0. The lowest BCUT2D eigenvalue weighted by molar-refractivity contribution is 0.417. The van der Waals surface area contributed by atoms with Crippen LogP contribution < -0.4 is 5.73 Å². The lowest BCUT2D eigenvalue weighted by Gasteiger charge is -2.29. The molecule has 2 aromatic rings. The van der Waals surface area contributed by atoms with Crippen molar-refractivity contribution in [2.24, 2.45) is 5.73 Å². The van der Waals surface area contributed by atoms with Crippen LogP contribution in [0, 0.1) is 0 Å². The van der Waals surface area contributed by atoms with Gasteiger partial charge in [0.25, 0.3) is 10.1 Å². The third-order valence-electron chi connectivity index (χ3n) is 3.66. The van der Waals surface area contributed by atoms with Gasteiger partial charge in [-0.15, -0.1) is 0 Å². The van der Waals surface area contributed by atoms with Gasteiger partial charge in [-0.05, 0) is 24.0 Å². The average Bonchev–Trinajstić information content (AvgIpc) is 2.47. The number of rotatable bonds is 6. The second kappa shape index (κ2) is 6.39. The van der Waals surface area contributed by atoms with Crippen LogP contribution in [0.15, 0.2) is 60.7 Å². The molecular weight excluding hydrogens is 286 g/mol. The predicted molar refractivity (Wildman–Crippen MR) is 83.6 cm³/mol. The molecule has 3 N–H and O–H groups in total. The van der Waals surface area contributed by atoms with Crippen LogP contribution >= 0.6 is 0 Å². The van der Waals surface area contributed by atoms with Crippen molar-refractivity contribution >= 4 is 10.1 Å². The molecule has 0 aromatic heterocycles. The average molecular weight is 305 g/mol. The van der Waals surface area contributed by atoms with E-state index in [0.29, 0.717) is 0 Å². The second-order valence-electron chi connectivity index (χ2n) is 5.19. The van der Waals surface area contributed by atoms with Crippen molar-refractivity contribution in [2.45, 2.75) is 17.6 Å². The van der Waals surface area contributed by atoms with Gasteiger partial charge in [0.2, 0.25) is 0 Å². The maximum Gasteiger partial charge on any atom is 0.272 e. The fourth-order valence-electron chi connectivity index (χ4n) is 2.43. The summed E-state index contributed by atoms with van der Waals surface area (Å²) in [7, 11) is -4.30. The first-order valence-corrected chi connectivity index (χ1v) is 8.16.